The third-order valence-electron chi connectivity index (χ3n) is 0.268. The molecule has 0 fully saturated rings. The van der Waals surface area contributed by atoms with Gasteiger partial charge in [0.2, 0.25) is 0 Å². The molecule has 0 aromatic rings. The zero-order valence-corrected chi connectivity index (χ0v) is 5.87. The van der Waals surface area contributed by atoms with E-state index in [1.807, 2.05) is 0 Å². The first-order valence-electron chi connectivity index (χ1n) is 1.54. The minimum atomic E-state index is -0.768. The van der Waals surface area contributed by atoms with Gasteiger partial charge in [-0.25, -0.2) is 0 Å². The molecule has 1 atom stereocenters. The van der Waals surface area contributed by atoms with E-state index in [2.05, 4.69) is 4.52 Å². The molecule has 0 saturated carbocycles. The quantitative estimate of drug-likeness (QED) is 0.466. The second kappa shape index (κ2) is 4.79. The van der Waals surface area contributed by atoms with Crippen LogP contribution >= 0.6 is 31.9 Å². The van der Waals surface area contributed by atoms with Crippen LogP contribution in [0.25, 0.3) is 0 Å². The van der Waals surface area contributed by atoms with Gasteiger partial charge in [0, 0.05) is 0 Å². The number of alkyl halides is 2. The fraction of sp³-hybridized carbons (Fsp3) is 1.00. The average Bonchev–Trinajstić information content (AvgIpc) is 1.61. The molecular weight excluding hydrogens is 158 g/mol. The summed E-state index contributed by atoms with van der Waals surface area (Å²) < 4.78 is 13.8. The van der Waals surface area contributed by atoms with E-state index < -0.39 is 13.5 Å². The Morgan fingerprint density at radius 1 is 1.71 bits per heavy atom. The summed E-state index contributed by atoms with van der Waals surface area (Å²) in [6.45, 7) is 0.130. The Bertz CT molecular complexity index is 57.7. The summed E-state index contributed by atoms with van der Waals surface area (Å²) in [6, 6.07) is 0. The van der Waals surface area contributed by atoms with Crippen LogP contribution in [0.15, 0.2) is 0 Å². The second-order valence-corrected chi connectivity index (χ2v) is 2.52. The fourth-order valence-electron chi connectivity index (χ4n) is 0.0970. The molecule has 0 amide bonds. The summed E-state index contributed by atoms with van der Waals surface area (Å²) in [5, 5.41) is 0. The summed E-state index contributed by atoms with van der Waals surface area (Å²) in [5.74, 6) is 0. The largest absolute Gasteiger partial charge is 0.494 e. The molecule has 0 aliphatic heterocycles. The van der Waals surface area contributed by atoms with E-state index in [1.165, 1.54) is 0 Å². The minimum absolute atomic E-state index is 0.130. The van der Waals surface area contributed by atoms with Gasteiger partial charge in [-0.05, 0) is 4.57 Å². The van der Waals surface area contributed by atoms with Crippen molar-refractivity contribution in [1.82, 2.24) is 0 Å². The average molecular weight is 162 g/mol. The summed E-state index contributed by atoms with van der Waals surface area (Å²) in [5.41, 5.74) is 0. The summed E-state index contributed by atoms with van der Waals surface area (Å²) in [6.07, 6.45) is 0. The van der Waals surface area contributed by atoms with Crippen molar-refractivity contribution in [2.24, 2.45) is 0 Å². The Balaban J connectivity index is 2.81. The van der Waals surface area contributed by atoms with Crippen LogP contribution in [-0.4, -0.2) is 11.4 Å². The second-order valence-electron chi connectivity index (χ2n) is 0.785. The van der Waals surface area contributed by atoms with Crippen LogP contribution < -0.4 is 0 Å². The first-order valence-corrected chi connectivity index (χ1v) is 3.23. The van der Waals surface area contributed by atoms with Crippen molar-refractivity contribution in [2.45, 2.75) is 4.84 Å². The highest BCUT2D eigenvalue weighted by Gasteiger charge is 1.99. The highest BCUT2D eigenvalue weighted by Crippen LogP contribution is 2.05. The molecule has 0 saturated heterocycles. The molecule has 0 aliphatic rings. The van der Waals surface area contributed by atoms with Gasteiger partial charge in [-0.1, -0.05) is 0 Å². The van der Waals surface area contributed by atoms with E-state index in [0.29, 0.717) is 0 Å². The molecule has 0 radical (unpaired) electrons. The molecule has 1 unspecified atom stereocenters. The lowest BCUT2D eigenvalue weighted by molar-refractivity contribution is 0.360. The Morgan fingerprint density at radius 3 is 2.43 bits per heavy atom. The SMILES string of the molecule is O=[PH+]OCC(Cl)Cl. The molecule has 0 N–H and O–H groups in total. The standard InChI is InChI=1S/C2H4Cl2O2P/c3-2(4)1-6-7-5/h2,7H,1H2/q+1. The third kappa shape index (κ3) is 6.64. The predicted molar refractivity (Wildman–Crippen MR) is 30.4 cm³/mol. The van der Waals surface area contributed by atoms with Gasteiger partial charge >= 0.3 is 8.69 Å². The lowest BCUT2D eigenvalue weighted by atomic mass is 10.9. The molecule has 0 aromatic heterocycles. The van der Waals surface area contributed by atoms with Crippen LogP contribution in [-0.2, 0) is 9.09 Å². The fourth-order valence-corrected chi connectivity index (χ4v) is 0.669. The van der Waals surface area contributed by atoms with Gasteiger partial charge in [0.25, 0.3) is 0 Å². The van der Waals surface area contributed by atoms with E-state index in [1.54, 1.807) is 0 Å². The summed E-state index contributed by atoms with van der Waals surface area (Å²) >= 11 is 10.3. The van der Waals surface area contributed by atoms with Gasteiger partial charge in [-0.3, -0.25) is 0 Å². The van der Waals surface area contributed by atoms with Crippen LogP contribution in [0.1, 0.15) is 0 Å². The minimum Gasteiger partial charge on any atom is -0.145 e. The van der Waals surface area contributed by atoms with Crippen LogP contribution in [0.4, 0.5) is 0 Å². The highest BCUT2D eigenvalue weighted by atomic mass is 35.5. The van der Waals surface area contributed by atoms with Crippen molar-refractivity contribution in [1.29, 1.82) is 0 Å². The van der Waals surface area contributed by atoms with Gasteiger partial charge in [-0.15, -0.1) is 27.7 Å². The molecule has 0 heterocycles. The third-order valence-corrected chi connectivity index (χ3v) is 0.805. The zero-order chi connectivity index (χ0) is 5.70. The first kappa shape index (κ1) is 7.64. The Morgan fingerprint density at radius 2 is 2.29 bits per heavy atom. The predicted octanol–water partition coefficient (Wildman–Crippen LogP) is 1.75. The van der Waals surface area contributed by atoms with E-state index in [-0.39, 0.29) is 6.61 Å². The van der Waals surface area contributed by atoms with Crippen LogP contribution in [0.2, 0.25) is 0 Å². The topological polar surface area (TPSA) is 26.3 Å². The zero-order valence-electron chi connectivity index (χ0n) is 3.36. The maximum absolute atomic E-state index is 9.52. The molecule has 0 rings (SSSR count). The van der Waals surface area contributed by atoms with Crippen LogP contribution in [0, 0.1) is 0 Å². The van der Waals surface area contributed by atoms with Crippen molar-refractivity contribution >= 4 is 31.9 Å². The highest BCUT2D eigenvalue weighted by molar-refractivity contribution is 7.17. The Hall–Kier alpha value is 0.640. The first-order chi connectivity index (χ1) is 3.27. The van der Waals surface area contributed by atoms with Crippen molar-refractivity contribution in [3.05, 3.63) is 0 Å². The molecule has 7 heavy (non-hydrogen) atoms. The lowest BCUT2D eigenvalue weighted by Crippen LogP contribution is -1.93. The Kier molecular flexibility index (Phi) is 5.23. The molecule has 42 valence electrons. The van der Waals surface area contributed by atoms with E-state index in [9.17, 15) is 4.57 Å². The summed E-state index contributed by atoms with van der Waals surface area (Å²) in [4.78, 5) is -0.568. The van der Waals surface area contributed by atoms with Crippen molar-refractivity contribution in [3.8, 4) is 0 Å². The molecule has 0 spiro atoms. The molecule has 0 aliphatic carbocycles. The van der Waals surface area contributed by atoms with Gasteiger partial charge in [-0.2, -0.15) is 0 Å². The maximum atomic E-state index is 9.52. The van der Waals surface area contributed by atoms with Gasteiger partial charge in [0.15, 0.2) is 0 Å². The van der Waals surface area contributed by atoms with Crippen molar-refractivity contribution < 1.29 is 9.09 Å². The van der Waals surface area contributed by atoms with Crippen LogP contribution in [0.5, 0.6) is 0 Å². The van der Waals surface area contributed by atoms with Gasteiger partial charge in [0.1, 0.15) is 11.4 Å². The van der Waals surface area contributed by atoms with E-state index in [0.717, 1.165) is 0 Å². The lowest BCUT2D eigenvalue weighted by Gasteiger charge is -1.86. The molecule has 0 bridgehead atoms. The van der Waals surface area contributed by atoms with Crippen molar-refractivity contribution in [2.75, 3.05) is 6.61 Å². The van der Waals surface area contributed by atoms with Gasteiger partial charge < -0.3 is 0 Å². The number of rotatable bonds is 3. The van der Waals surface area contributed by atoms with E-state index in [4.69, 9.17) is 23.2 Å². The molecule has 5 heteroatoms. The monoisotopic (exact) mass is 161 g/mol. The smallest absolute Gasteiger partial charge is 0.145 e. The van der Waals surface area contributed by atoms with Gasteiger partial charge in [0.05, 0.1) is 0 Å². The molecular formula is C2H4Cl2O2P+. The number of hydrogen-bond acceptors (Lipinski definition) is 2. The van der Waals surface area contributed by atoms with Crippen LogP contribution in [0.3, 0.4) is 0 Å². The summed E-state index contributed by atoms with van der Waals surface area (Å²) in [7, 11) is -0.768. The Labute approximate surface area is 53.0 Å². The number of hydrogen-bond donors (Lipinski definition) is 0. The molecule has 2 nitrogen and oxygen atoms in total. The molecule has 0 aromatic carbocycles. The number of halogens is 2. The van der Waals surface area contributed by atoms with Crippen molar-refractivity contribution in [3.63, 3.8) is 0 Å². The maximum Gasteiger partial charge on any atom is 0.494 e. The normalized spacial score (nSPS) is 10.7. The van der Waals surface area contributed by atoms with E-state index >= 15 is 0 Å².